The van der Waals surface area contributed by atoms with Crippen LogP contribution in [0.3, 0.4) is 0 Å². The lowest BCUT2D eigenvalue weighted by Gasteiger charge is -2.36. The zero-order chi connectivity index (χ0) is 36.9. The lowest BCUT2D eigenvalue weighted by molar-refractivity contribution is -0.137. The Morgan fingerprint density at radius 2 is 1.25 bits per heavy atom. The zero-order valence-corrected chi connectivity index (χ0v) is 31.2. The molecule has 2 aromatic heterocycles. The molecule has 4 aromatic rings. The lowest BCUT2D eigenvalue weighted by Crippen LogP contribution is -2.41. The van der Waals surface area contributed by atoms with Gasteiger partial charge in [0.25, 0.3) is 0 Å². The molecule has 0 spiro atoms. The highest BCUT2D eigenvalue weighted by Gasteiger charge is 2.37. The fourth-order valence-corrected chi connectivity index (χ4v) is 5.53. The van der Waals surface area contributed by atoms with Crippen LogP contribution in [0.1, 0.15) is 43.0 Å². The van der Waals surface area contributed by atoms with E-state index >= 15 is 0 Å². The molecule has 278 valence electrons. The predicted molar refractivity (Wildman–Crippen MR) is 192 cm³/mol. The second-order valence-electron chi connectivity index (χ2n) is 13.4. The largest absolute Gasteiger partial charge is 0.497 e. The van der Waals surface area contributed by atoms with E-state index in [1.54, 1.807) is 25.3 Å². The summed E-state index contributed by atoms with van der Waals surface area (Å²) in [7, 11) is -0.166. The van der Waals surface area contributed by atoms with E-state index in [1.807, 2.05) is 36.4 Å². The van der Waals surface area contributed by atoms with Crippen molar-refractivity contribution >= 4 is 8.32 Å². The van der Waals surface area contributed by atoms with Gasteiger partial charge in [0.05, 0.1) is 70.2 Å². The molecule has 0 radical (unpaired) electrons. The normalized spacial score (nSPS) is 12.3. The van der Waals surface area contributed by atoms with Gasteiger partial charge in [0.15, 0.2) is 8.32 Å². The second kappa shape index (κ2) is 18.6. The maximum absolute atomic E-state index is 13.3. The Labute approximate surface area is 299 Å². The van der Waals surface area contributed by atoms with Crippen LogP contribution in [0.15, 0.2) is 73.1 Å². The monoisotopic (exact) mass is 730 g/mol. The molecule has 2 heterocycles. The molecule has 2 aromatic carbocycles. The van der Waals surface area contributed by atoms with Gasteiger partial charge in [-0.15, -0.1) is 0 Å². The van der Waals surface area contributed by atoms with E-state index in [-0.39, 0.29) is 29.8 Å². The molecule has 0 bridgehead atoms. The third kappa shape index (κ3) is 12.7. The van der Waals surface area contributed by atoms with Gasteiger partial charge in [-0.2, -0.15) is 13.2 Å². The summed E-state index contributed by atoms with van der Waals surface area (Å²) in [6.07, 6.45) is -2.13. The van der Waals surface area contributed by atoms with Crippen LogP contribution in [0, 0.1) is 0 Å². The topological polar surface area (TPSA) is 93.3 Å². The Bertz CT molecular complexity index is 1620. The molecule has 0 aliphatic carbocycles. The van der Waals surface area contributed by atoms with Gasteiger partial charge in [-0.1, -0.05) is 57.2 Å². The van der Waals surface area contributed by atoms with Crippen molar-refractivity contribution in [1.82, 2.24) is 9.97 Å². The number of alkyl halides is 3. The molecule has 0 aliphatic heterocycles. The number of pyridine rings is 1. The summed E-state index contributed by atoms with van der Waals surface area (Å²) < 4.78 is 80.1. The average molecular weight is 731 g/mol. The average Bonchev–Trinajstić information content (AvgIpc) is 3.60. The summed E-state index contributed by atoms with van der Waals surface area (Å²) in [4.78, 5) is 7.02. The molecule has 51 heavy (non-hydrogen) atoms. The van der Waals surface area contributed by atoms with E-state index in [0.29, 0.717) is 63.3 Å². The molecule has 9 nitrogen and oxygen atoms in total. The molecule has 0 aliphatic rings. The fraction of sp³-hybridized carbons (Fsp3) is 0.447. The smallest absolute Gasteiger partial charge is 0.417 e. The third-order valence-electron chi connectivity index (χ3n) is 8.61. The number of hydrogen-bond acceptors (Lipinski definition) is 8. The van der Waals surface area contributed by atoms with Crippen molar-refractivity contribution in [3.63, 3.8) is 0 Å². The van der Waals surface area contributed by atoms with E-state index in [9.17, 15) is 13.2 Å². The number of halogens is 3. The van der Waals surface area contributed by atoms with Gasteiger partial charge in [0.2, 0.25) is 5.88 Å². The van der Waals surface area contributed by atoms with Crippen LogP contribution in [0.2, 0.25) is 18.1 Å². The van der Waals surface area contributed by atoms with Crippen LogP contribution in [-0.4, -0.2) is 65.0 Å². The second-order valence-corrected chi connectivity index (χ2v) is 18.3. The SMILES string of the molecule is COc1ccc(COc2cc(OCc3ccc(COCCOCCOCCO[Si](C)(C)C(C)(C)C)cc3)ncc2-c2cc(C(F)(F)F)c[nH]2)cc1. The number of benzene rings is 2. The maximum atomic E-state index is 13.3. The summed E-state index contributed by atoms with van der Waals surface area (Å²) in [6.45, 7) is 15.1. The van der Waals surface area contributed by atoms with Crippen LogP contribution in [0.5, 0.6) is 17.4 Å². The zero-order valence-electron chi connectivity index (χ0n) is 30.2. The lowest BCUT2D eigenvalue weighted by atomic mass is 10.1. The van der Waals surface area contributed by atoms with Crippen LogP contribution < -0.4 is 14.2 Å². The summed E-state index contributed by atoms with van der Waals surface area (Å²) >= 11 is 0. The van der Waals surface area contributed by atoms with Crippen molar-refractivity contribution in [2.45, 2.75) is 64.9 Å². The molecule has 0 atom stereocenters. The van der Waals surface area contributed by atoms with Crippen molar-refractivity contribution in [3.05, 3.63) is 95.3 Å². The highest BCUT2D eigenvalue weighted by Crippen LogP contribution is 2.37. The number of rotatable bonds is 20. The van der Waals surface area contributed by atoms with E-state index in [1.165, 1.54) is 6.20 Å². The van der Waals surface area contributed by atoms with Gasteiger partial charge in [0.1, 0.15) is 24.7 Å². The molecule has 0 unspecified atom stereocenters. The number of ether oxygens (including phenoxy) is 6. The van der Waals surface area contributed by atoms with Gasteiger partial charge < -0.3 is 37.8 Å². The number of methoxy groups -OCH3 is 1. The Morgan fingerprint density at radius 1 is 0.706 bits per heavy atom. The van der Waals surface area contributed by atoms with Gasteiger partial charge in [-0.05, 0) is 53.0 Å². The maximum Gasteiger partial charge on any atom is 0.417 e. The third-order valence-corrected chi connectivity index (χ3v) is 13.2. The van der Waals surface area contributed by atoms with Crippen molar-refractivity contribution in [1.29, 1.82) is 0 Å². The van der Waals surface area contributed by atoms with E-state index in [2.05, 4.69) is 43.8 Å². The Morgan fingerprint density at radius 3 is 1.82 bits per heavy atom. The number of nitrogens with zero attached hydrogens (tertiary/aromatic N) is 1. The van der Waals surface area contributed by atoms with Crippen molar-refractivity contribution in [2.75, 3.05) is 46.8 Å². The first-order chi connectivity index (χ1) is 24.2. The van der Waals surface area contributed by atoms with Gasteiger partial charge in [-0.3, -0.25) is 0 Å². The highest BCUT2D eigenvalue weighted by molar-refractivity contribution is 6.74. The Hall–Kier alpha value is -3.88. The quantitative estimate of drug-likeness (QED) is 0.0713. The summed E-state index contributed by atoms with van der Waals surface area (Å²) in [5.74, 6) is 1.29. The van der Waals surface area contributed by atoms with E-state index in [4.69, 9.17) is 32.8 Å². The number of nitrogens with one attached hydrogen (secondary N) is 1. The Balaban J connectivity index is 1.21. The van der Waals surface area contributed by atoms with E-state index < -0.39 is 20.1 Å². The van der Waals surface area contributed by atoms with Crippen molar-refractivity contribution in [3.8, 4) is 28.6 Å². The first kappa shape index (κ1) is 39.9. The molecule has 0 amide bonds. The highest BCUT2D eigenvalue weighted by atomic mass is 28.4. The predicted octanol–water partition coefficient (Wildman–Crippen LogP) is 8.83. The summed E-state index contributed by atoms with van der Waals surface area (Å²) in [5, 5.41) is 0.185. The minimum atomic E-state index is -4.48. The fourth-order valence-electron chi connectivity index (χ4n) is 4.51. The summed E-state index contributed by atoms with van der Waals surface area (Å²) in [6, 6.07) is 17.7. The minimum Gasteiger partial charge on any atom is -0.497 e. The van der Waals surface area contributed by atoms with Crippen LogP contribution in [-0.2, 0) is 44.6 Å². The molecule has 0 saturated heterocycles. The van der Waals surface area contributed by atoms with Crippen molar-refractivity contribution < 1.29 is 46.0 Å². The molecule has 0 fully saturated rings. The van der Waals surface area contributed by atoms with E-state index in [0.717, 1.165) is 29.0 Å². The molecule has 13 heteroatoms. The Kier molecular flexibility index (Phi) is 14.5. The van der Waals surface area contributed by atoms with Crippen LogP contribution in [0.4, 0.5) is 13.2 Å². The molecular formula is C38H49F3N2O7Si. The summed E-state index contributed by atoms with van der Waals surface area (Å²) in [5.41, 5.74) is 2.57. The standard InChI is InChI=1S/C38H49F3N2O7Si/c1-37(2,3)51(5,6)50-20-19-46-16-15-45-17-18-47-25-28-7-9-29(10-8-28)27-49-36-22-35(48-26-30-11-13-32(44-4)14-12-30)33(24-43-36)34-21-31(23-42-34)38(39,40)41/h7-14,21-24,42H,15-20,25-27H2,1-6H3. The number of hydrogen-bond donors (Lipinski definition) is 1. The molecule has 0 saturated carbocycles. The molecule has 4 rings (SSSR count). The minimum absolute atomic E-state index is 0.172. The van der Waals surface area contributed by atoms with Gasteiger partial charge in [0, 0.05) is 18.5 Å². The van der Waals surface area contributed by atoms with Crippen LogP contribution >= 0.6 is 0 Å². The number of H-pyrrole nitrogens is 1. The number of aromatic nitrogens is 2. The van der Waals surface area contributed by atoms with Gasteiger partial charge in [-0.25, -0.2) is 4.98 Å². The first-order valence-electron chi connectivity index (χ1n) is 16.8. The van der Waals surface area contributed by atoms with Gasteiger partial charge >= 0.3 is 6.18 Å². The number of aromatic amines is 1. The molecule has 1 N–H and O–H groups in total. The van der Waals surface area contributed by atoms with Crippen LogP contribution in [0.25, 0.3) is 11.3 Å². The molecular weight excluding hydrogens is 682 g/mol. The first-order valence-corrected chi connectivity index (χ1v) is 19.8. The van der Waals surface area contributed by atoms with Crippen molar-refractivity contribution in [2.24, 2.45) is 0 Å².